The Morgan fingerprint density at radius 3 is 2.36 bits per heavy atom. The molecule has 150 valence electrons. The van der Waals surface area contributed by atoms with E-state index in [0.717, 1.165) is 5.56 Å². The number of nitrogens with one attached hydrogen (secondary N) is 1. The maximum atomic E-state index is 12.9. The molecule has 0 radical (unpaired) electrons. The number of carbonyl (C=O) groups is 1. The van der Waals surface area contributed by atoms with Crippen molar-refractivity contribution in [1.82, 2.24) is 9.62 Å². The van der Waals surface area contributed by atoms with E-state index in [1.807, 2.05) is 44.2 Å². The number of nitrogens with zero attached hydrogens (tertiary/aromatic N) is 1. The second-order valence-electron chi connectivity index (χ2n) is 7.15. The van der Waals surface area contributed by atoms with E-state index in [-0.39, 0.29) is 22.8 Å². The van der Waals surface area contributed by atoms with Gasteiger partial charge in [0.15, 0.2) is 0 Å². The van der Waals surface area contributed by atoms with E-state index in [1.165, 1.54) is 16.4 Å². The van der Waals surface area contributed by atoms with Gasteiger partial charge < -0.3 is 10.1 Å². The van der Waals surface area contributed by atoms with Crippen LogP contribution in [0.25, 0.3) is 0 Å². The zero-order valence-corrected chi connectivity index (χ0v) is 17.0. The van der Waals surface area contributed by atoms with Gasteiger partial charge >= 0.3 is 0 Å². The molecule has 1 heterocycles. The summed E-state index contributed by atoms with van der Waals surface area (Å²) in [4.78, 5) is 13.0. The van der Waals surface area contributed by atoms with Crippen molar-refractivity contribution in [2.24, 2.45) is 5.92 Å². The predicted octanol–water partition coefficient (Wildman–Crippen LogP) is 2.83. The van der Waals surface area contributed by atoms with Crippen LogP contribution in [0.4, 0.5) is 0 Å². The minimum Gasteiger partial charge on any atom is -0.379 e. The summed E-state index contributed by atoms with van der Waals surface area (Å²) >= 11 is 0. The molecule has 0 aromatic heterocycles. The minimum absolute atomic E-state index is 0.128. The van der Waals surface area contributed by atoms with Gasteiger partial charge in [0, 0.05) is 18.7 Å². The fourth-order valence-electron chi connectivity index (χ4n) is 3.25. The monoisotopic (exact) mass is 402 g/mol. The third-order valence-corrected chi connectivity index (χ3v) is 6.71. The fraction of sp³-hybridized carbons (Fsp3) is 0.381. The second kappa shape index (κ2) is 8.86. The van der Waals surface area contributed by atoms with E-state index >= 15 is 0 Å². The maximum Gasteiger partial charge on any atom is 0.251 e. The third kappa shape index (κ3) is 4.60. The van der Waals surface area contributed by atoms with Gasteiger partial charge in [0.1, 0.15) is 0 Å². The highest BCUT2D eigenvalue weighted by Crippen LogP contribution is 2.23. The molecule has 6 nitrogen and oxygen atoms in total. The highest BCUT2D eigenvalue weighted by atomic mass is 32.2. The summed E-state index contributed by atoms with van der Waals surface area (Å²) < 4.78 is 32.3. The zero-order chi connectivity index (χ0) is 20.1. The summed E-state index contributed by atoms with van der Waals surface area (Å²) in [5.41, 5.74) is 1.35. The normalized spacial score (nSPS) is 16.7. The van der Waals surface area contributed by atoms with E-state index in [1.54, 1.807) is 12.1 Å². The largest absolute Gasteiger partial charge is 0.379 e. The molecule has 1 amide bonds. The van der Waals surface area contributed by atoms with Gasteiger partial charge in [0.25, 0.3) is 5.91 Å². The maximum absolute atomic E-state index is 12.9. The van der Waals surface area contributed by atoms with Crippen molar-refractivity contribution in [2.45, 2.75) is 24.8 Å². The lowest BCUT2D eigenvalue weighted by molar-refractivity contribution is 0.0730. The Hall–Kier alpha value is -2.22. The van der Waals surface area contributed by atoms with Crippen LogP contribution in [0.15, 0.2) is 59.5 Å². The Labute approximate surface area is 166 Å². The number of morpholine rings is 1. The van der Waals surface area contributed by atoms with Crippen molar-refractivity contribution in [3.63, 3.8) is 0 Å². The van der Waals surface area contributed by atoms with Crippen LogP contribution in [-0.4, -0.2) is 44.9 Å². The molecule has 1 saturated heterocycles. The minimum atomic E-state index is -3.64. The lowest BCUT2D eigenvalue weighted by Gasteiger charge is -2.26. The van der Waals surface area contributed by atoms with Gasteiger partial charge in [-0.1, -0.05) is 50.2 Å². The molecular formula is C21H26N2O4S. The first-order chi connectivity index (χ1) is 13.4. The van der Waals surface area contributed by atoms with Crippen LogP contribution < -0.4 is 5.32 Å². The molecular weight excluding hydrogens is 376 g/mol. The average molecular weight is 403 g/mol. The van der Waals surface area contributed by atoms with Crippen LogP contribution in [0.2, 0.25) is 0 Å². The summed E-state index contributed by atoms with van der Waals surface area (Å²) in [6.45, 7) is 5.48. The van der Waals surface area contributed by atoms with E-state index in [0.29, 0.717) is 31.9 Å². The summed E-state index contributed by atoms with van der Waals surface area (Å²) in [6, 6.07) is 15.8. The van der Waals surface area contributed by atoms with Crippen molar-refractivity contribution in [1.29, 1.82) is 0 Å². The summed E-state index contributed by atoms with van der Waals surface area (Å²) in [5, 5.41) is 3.04. The van der Waals surface area contributed by atoms with Crippen LogP contribution >= 0.6 is 0 Å². The van der Waals surface area contributed by atoms with Gasteiger partial charge in [-0.15, -0.1) is 0 Å². The molecule has 0 aliphatic carbocycles. The van der Waals surface area contributed by atoms with E-state index in [2.05, 4.69) is 5.32 Å². The SMILES string of the molecule is CC(C)[C@@H](NC(=O)c1cccc(S(=O)(=O)N2CCOCC2)c1)c1ccccc1. The van der Waals surface area contributed by atoms with E-state index in [9.17, 15) is 13.2 Å². The van der Waals surface area contributed by atoms with E-state index in [4.69, 9.17) is 4.74 Å². The summed E-state index contributed by atoms with van der Waals surface area (Å²) in [5.74, 6) is -0.104. The molecule has 1 atom stereocenters. The smallest absolute Gasteiger partial charge is 0.251 e. The lowest BCUT2D eigenvalue weighted by atomic mass is 9.95. The number of hydrogen-bond donors (Lipinski definition) is 1. The Balaban J connectivity index is 1.82. The Morgan fingerprint density at radius 1 is 1.04 bits per heavy atom. The Morgan fingerprint density at radius 2 is 1.71 bits per heavy atom. The summed E-state index contributed by atoms with van der Waals surface area (Å²) in [7, 11) is -3.64. The first-order valence-corrected chi connectivity index (χ1v) is 10.9. The average Bonchev–Trinajstić information content (AvgIpc) is 2.73. The molecule has 28 heavy (non-hydrogen) atoms. The fourth-order valence-corrected chi connectivity index (χ4v) is 4.71. The molecule has 3 rings (SSSR count). The third-order valence-electron chi connectivity index (χ3n) is 4.82. The Bertz CT molecular complexity index is 907. The van der Waals surface area contributed by atoms with Crippen molar-refractivity contribution in [3.8, 4) is 0 Å². The van der Waals surface area contributed by atoms with Crippen molar-refractivity contribution in [3.05, 3.63) is 65.7 Å². The zero-order valence-electron chi connectivity index (χ0n) is 16.2. The van der Waals surface area contributed by atoms with Crippen LogP contribution in [-0.2, 0) is 14.8 Å². The molecule has 1 N–H and O–H groups in total. The highest BCUT2D eigenvalue weighted by Gasteiger charge is 2.27. The lowest BCUT2D eigenvalue weighted by Crippen LogP contribution is -2.40. The van der Waals surface area contributed by atoms with Gasteiger partial charge in [0.2, 0.25) is 10.0 Å². The first kappa shape index (κ1) is 20.5. The predicted molar refractivity (Wildman–Crippen MR) is 108 cm³/mol. The number of amides is 1. The second-order valence-corrected chi connectivity index (χ2v) is 9.09. The van der Waals surface area contributed by atoms with Crippen LogP contribution in [0.5, 0.6) is 0 Å². The van der Waals surface area contributed by atoms with Crippen molar-refractivity contribution < 1.29 is 17.9 Å². The van der Waals surface area contributed by atoms with Gasteiger partial charge in [0.05, 0.1) is 24.2 Å². The van der Waals surface area contributed by atoms with Gasteiger partial charge in [-0.3, -0.25) is 4.79 Å². The number of rotatable bonds is 6. The molecule has 2 aromatic carbocycles. The molecule has 1 aliphatic rings. The Kier molecular flexibility index (Phi) is 6.49. The molecule has 1 aliphatic heterocycles. The first-order valence-electron chi connectivity index (χ1n) is 9.43. The molecule has 1 fully saturated rings. The topological polar surface area (TPSA) is 75.7 Å². The molecule has 0 bridgehead atoms. The van der Waals surface area contributed by atoms with Crippen molar-refractivity contribution in [2.75, 3.05) is 26.3 Å². The van der Waals surface area contributed by atoms with Gasteiger partial charge in [-0.2, -0.15) is 4.31 Å². The number of sulfonamides is 1. The van der Waals surface area contributed by atoms with Gasteiger partial charge in [-0.25, -0.2) is 8.42 Å². The van der Waals surface area contributed by atoms with Crippen molar-refractivity contribution >= 4 is 15.9 Å². The van der Waals surface area contributed by atoms with E-state index < -0.39 is 10.0 Å². The summed E-state index contributed by atoms with van der Waals surface area (Å²) in [6.07, 6.45) is 0. The highest BCUT2D eigenvalue weighted by molar-refractivity contribution is 7.89. The molecule has 7 heteroatoms. The molecule has 0 saturated carbocycles. The van der Waals surface area contributed by atoms with Crippen LogP contribution in [0, 0.1) is 5.92 Å². The number of carbonyl (C=O) groups excluding carboxylic acids is 1. The molecule has 2 aromatic rings. The molecule has 0 spiro atoms. The van der Waals surface area contributed by atoms with Crippen LogP contribution in [0.1, 0.15) is 35.8 Å². The molecule has 0 unspecified atom stereocenters. The number of hydrogen-bond acceptors (Lipinski definition) is 4. The van der Waals surface area contributed by atoms with Crippen LogP contribution in [0.3, 0.4) is 0 Å². The number of ether oxygens (including phenoxy) is 1. The number of benzene rings is 2. The standard InChI is InChI=1S/C21H26N2O4S/c1-16(2)20(17-7-4-3-5-8-17)22-21(24)18-9-6-10-19(15-18)28(25,26)23-11-13-27-14-12-23/h3-10,15-16,20H,11-14H2,1-2H3,(H,22,24)/t20-/m1/s1. The quantitative estimate of drug-likeness (QED) is 0.806. The van der Waals surface area contributed by atoms with Gasteiger partial charge in [-0.05, 0) is 29.7 Å².